The third kappa shape index (κ3) is 3.05. The lowest BCUT2D eigenvalue weighted by Crippen LogP contribution is -2.07. The Hall–Kier alpha value is -2.47. The first-order chi connectivity index (χ1) is 12.5. The Balaban J connectivity index is 2.32. The molecule has 6 heteroatoms. The molecule has 0 aliphatic heterocycles. The normalized spacial score (nSPS) is 10.8. The third-order valence-electron chi connectivity index (χ3n) is 4.29. The molecule has 3 rings (SSSR count). The van der Waals surface area contributed by atoms with Crippen molar-refractivity contribution >= 4 is 32.8 Å². The number of esters is 1. The fourth-order valence-electron chi connectivity index (χ4n) is 3.10. The van der Waals surface area contributed by atoms with Gasteiger partial charge in [0.1, 0.15) is 11.5 Å². The van der Waals surface area contributed by atoms with Gasteiger partial charge in [-0.05, 0) is 66.2 Å². The van der Waals surface area contributed by atoms with Crippen molar-refractivity contribution in [3.05, 3.63) is 52.1 Å². The minimum absolute atomic E-state index is 0.321. The van der Waals surface area contributed by atoms with Crippen LogP contribution in [0.25, 0.3) is 16.6 Å². The van der Waals surface area contributed by atoms with Gasteiger partial charge in [0.25, 0.3) is 0 Å². The van der Waals surface area contributed by atoms with Crippen molar-refractivity contribution in [2.75, 3.05) is 20.8 Å². The second-order valence-electron chi connectivity index (χ2n) is 5.72. The van der Waals surface area contributed by atoms with Crippen LogP contribution in [-0.4, -0.2) is 31.4 Å². The Labute approximate surface area is 160 Å². The number of nitrogens with zero attached hydrogens (tertiary/aromatic N) is 1. The first-order valence-electron chi connectivity index (χ1n) is 8.21. The zero-order chi connectivity index (χ0) is 18.8. The average Bonchev–Trinajstić information content (AvgIpc) is 2.92. The Kier molecular flexibility index (Phi) is 5.23. The van der Waals surface area contributed by atoms with Gasteiger partial charge in [-0.2, -0.15) is 0 Å². The highest BCUT2D eigenvalue weighted by Crippen LogP contribution is 2.37. The van der Waals surface area contributed by atoms with Gasteiger partial charge in [0.05, 0.1) is 36.4 Å². The van der Waals surface area contributed by atoms with Gasteiger partial charge in [-0.15, -0.1) is 0 Å². The van der Waals surface area contributed by atoms with Crippen LogP contribution < -0.4 is 9.47 Å². The topological polar surface area (TPSA) is 49.7 Å². The Morgan fingerprint density at radius 3 is 2.38 bits per heavy atom. The molecule has 0 saturated carbocycles. The highest BCUT2D eigenvalue weighted by molar-refractivity contribution is 9.10. The van der Waals surface area contributed by atoms with E-state index in [2.05, 4.69) is 15.9 Å². The lowest BCUT2D eigenvalue weighted by atomic mass is 10.1. The number of halogens is 1. The maximum Gasteiger partial charge on any atom is 0.340 e. The number of hydrogen-bond acceptors (Lipinski definition) is 4. The third-order valence-corrected chi connectivity index (χ3v) is 4.91. The van der Waals surface area contributed by atoms with E-state index in [9.17, 15) is 4.79 Å². The first kappa shape index (κ1) is 18.3. The monoisotopic (exact) mass is 417 g/mol. The summed E-state index contributed by atoms with van der Waals surface area (Å²) in [5.41, 5.74) is 3.18. The van der Waals surface area contributed by atoms with Gasteiger partial charge >= 0.3 is 5.97 Å². The summed E-state index contributed by atoms with van der Waals surface area (Å²) >= 11 is 3.53. The van der Waals surface area contributed by atoms with Gasteiger partial charge in [-0.3, -0.25) is 0 Å². The molecule has 3 aromatic rings. The molecule has 0 amide bonds. The van der Waals surface area contributed by atoms with Crippen LogP contribution in [0.2, 0.25) is 0 Å². The van der Waals surface area contributed by atoms with E-state index in [0.29, 0.717) is 17.9 Å². The van der Waals surface area contributed by atoms with Gasteiger partial charge in [0.2, 0.25) is 0 Å². The zero-order valence-electron chi connectivity index (χ0n) is 15.1. The predicted octanol–water partition coefficient (Wildman–Crippen LogP) is 4.90. The van der Waals surface area contributed by atoms with Crippen molar-refractivity contribution < 1.29 is 19.0 Å². The lowest BCUT2D eigenvalue weighted by Gasteiger charge is -2.10. The van der Waals surface area contributed by atoms with E-state index >= 15 is 0 Å². The molecule has 2 aromatic carbocycles. The molecule has 0 fully saturated rings. The fraction of sp³-hybridized carbons (Fsp3) is 0.250. The number of ether oxygens (including phenoxy) is 3. The maximum atomic E-state index is 12.6. The molecule has 1 heterocycles. The van der Waals surface area contributed by atoms with E-state index in [1.165, 1.54) is 0 Å². The summed E-state index contributed by atoms with van der Waals surface area (Å²) in [6.45, 7) is 4.03. The molecule has 0 radical (unpaired) electrons. The summed E-state index contributed by atoms with van der Waals surface area (Å²) in [6.07, 6.45) is 0. The van der Waals surface area contributed by atoms with E-state index in [1.54, 1.807) is 21.1 Å². The van der Waals surface area contributed by atoms with Crippen LogP contribution in [-0.2, 0) is 4.74 Å². The minimum Gasteiger partial charge on any atom is -0.497 e. The van der Waals surface area contributed by atoms with Gasteiger partial charge in [0, 0.05) is 16.8 Å². The van der Waals surface area contributed by atoms with Crippen LogP contribution in [0.1, 0.15) is 23.0 Å². The van der Waals surface area contributed by atoms with Crippen LogP contribution in [0.15, 0.2) is 40.9 Å². The quantitative estimate of drug-likeness (QED) is 0.554. The molecule has 0 N–H and O–H groups in total. The first-order valence-corrected chi connectivity index (χ1v) is 9.01. The predicted molar refractivity (Wildman–Crippen MR) is 105 cm³/mol. The summed E-state index contributed by atoms with van der Waals surface area (Å²) in [6, 6.07) is 11.5. The van der Waals surface area contributed by atoms with Crippen molar-refractivity contribution in [3.8, 4) is 17.2 Å². The fourth-order valence-corrected chi connectivity index (χ4v) is 3.59. The average molecular weight is 418 g/mol. The van der Waals surface area contributed by atoms with Crippen molar-refractivity contribution in [2.45, 2.75) is 13.8 Å². The number of fused-ring (bicyclic) bond motifs is 1. The molecule has 0 saturated heterocycles. The van der Waals surface area contributed by atoms with Crippen molar-refractivity contribution in [1.29, 1.82) is 0 Å². The molecule has 26 heavy (non-hydrogen) atoms. The smallest absolute Gasteiger partial charge is 0.340 e. The lowest BCUT2D eigenvalue weighted by molar-refractivity contribution is 0.0527. The maximum absolute atomic E-state index is 12.6. The number of rotatable bonds is 5. The van der Waals surface area contributed by atoms with E-state index in [0.717, 1.165) is 32.5 Å². The summed E-state index contributed by atoms with van der Waals surface area (Å²) in [4.78, 5) is 12.6. The van der Waals surface area contributed by atoms with Crippen LogP contribution >= 0.6 is 15.9 Å². The van der Waals surface area contributed by atoms with Crippen LogP contribution in [0.3, 0.4) is 0 Å². The highest BCUT2D eigenvalue weighted by atomic mass is 79.9. The van der Waals surface area contributed by atoms with E-state index < -0.39 is 0 Å². The Morgan fingerprint density at radius 2 is 1.81 bits per heavy atom. The van der Waals surface area contributed by atoms with Gasteiger partial charge < -0.3 is 18.8 Å². The number of methoxy groups -OCH3 is 2. The van der Waals surface area contributed by atoms with Crippen molar-refractivity contribution in [3.63, 3.8) is 0 Å². The van der Waals surface area contributed by atoms with Gasteiger partial charge in [-0.1, -0.05) is 0 Å². The second kappa shape index (κ2) is 7.41. The Bertz CT molecular complexity index is 960. The molecule has 0 spiro atoms. The van der Waals surface area contributed by atoms with Crippen LogP contribution in [0.5, 0.6) is 11.5 Å². The Morgan fingerprint density at radius 1 is 1.12 bits per heavy atom. The molecular formula is C20H20BrNO4. The number of carbonyl (C=O) groups is 1. The van der Waals surface area contributed by atoms with E-state index in [-0.39, 0.29) is 5.97 Å². The second-order valence-corrected chi connectivity index (χ2v) is 6.57. The molecular weight excluding hydrogens is 398 g/mol. The molecule has 0 unspecified atom stereocenters. The summed E-state index contributed by atoms with van der Waals surface area (Å²) in [5.74, 6) is 1.10. The van der Waals surface area contributed by atoms with E-state index in [4.69, 9.17) is 14.2 Å². The standard InChI is InChI=1S/C20H20BrNO4/c1-5-26-20(23)19-12(2)22(13-6-8-14(24-3)9-7-13)17-11-16(21)18(25-4)10-15(17)19/h6-11H,5H2,1-4H3. The summed E-state index contributed by atoms with van der Waals surface area (Å²) < 4.78 is 18.8. The molecule has 0 bridgehead atoms. The molecule has 0 aliphatic carbocycles. The molecule has 1 aromatic heterocycles. The molecule has 5 nitrogen and oxygen atoms in total. The van der Waals surface area contributed by atoms with Gasteiger partial charge in [-0.25, -0.2) is 4.79 Å². The molecule has 136 valence electrons. The van der Waals surface area contributed by atoms with E-state index in [1.807, 2.05) is 47.9 Å². The number of aromatic nitrogens is 1. The molecule has 0 atom stereocenters. The van der Waals surface area contributed by atoms with Crippen molar-refractivity contribution in [2.24, 2.45) is 0 Å². The number of hydrogen-bond donors (Lipinski definition) is 0. The minimum atomic E-state index is -0.341. The molecule has 0 aliphatic rings. The number of carbonyl (C=O) groups excluding carboxylic acids is 1. The summed E-state index contributed by atoms with van der Waals surface area (Å²) in [7, 11) is 3.23. The number of benzene rings is 2. The summed E-state index contributed by atoms with van der Waals surface area (Å²) in [5, 5.41) is 0.789. The SMILES string of the molecule is CCOC(=O)c1c(C)n(-c2ccc(OC)cc2)c2cc(Br)c(OC)cc12. The zero-order valence-corrected chi connectivity index (χ0v) is 16.7. The van der Waals surface area contributed by atoms with Gasteiger partial charge in [0.15, 0.2) is 0 Å². The van der Waals surface area contributed by atoms with Crippen molar-refractivity contribution in [1.82, 2.24) is 4.57 Å². The largest absolute Gasteiger partial charge is 0.497 e. The van der Waals surface area contributed by atoms with Crippen LogP contribution in [0, 0.1) is 6.92 Å². The van der Waals surface area contributed by atoms with Crippen LogP contribution in [0.4, 0.5) is 0 Å². The highest BCUT2D eigenvalue weighted by Gasteiger charge is 2.23.